The van der Waals surface area contributed by atoms with Gasteiger partial charge in [0.05, 0.1) is 6.54 Å². The molecule has 1 aromatic heterocycles. The van der Waals surface area contributed by atoms with Crippen LogP contribution in [0.25, 0.3) is 0 Å². The van der Waals surface area contributed by atoms with Crippen molar-refractivity contribution < 1.29 is 13.2 Å². The molecule has 0 atom stereocenters. The molecular weight excluding hydrogens is 290 g/mol. The Morgan fingerprint density at radius 1 is 1.43 bits per heavy atom. The van der Waals surface area contributed by atoms with Gasteiger partial charge in [0.2, 0.25) is 15.9 Å². The standard InChI is InChI=1S/C14H23N3O3S/c1-12(2)6-4-9-16-14(18)11-17(3)21(19,20)13-7-5-8-15-10-13/h5,7-8,10,12H,4,6,9,11H2,1-3H3,(H,16,18). The lowest BCUT2D eigenvalue weighted by Gasteiger charge is -2.16. The van der Waals surface area contributed by atoms with Crippen LogP contribution >= 0.6 is 0 Å². The quantitative estimate of drug-likeness (QED) is 0.733. The molecule has 1 rings (SSSR count). The molecule has 6 nitrogen and oxygen atoms in total. The molecule has 0 bridgehead atoms. The Labute approximate surface area is 126 Å². The number of amides is 1. The lowest BCUT2D eigenvalue weighted by Crippen LogP contribution is -2.38. The van der Waals surface area contributed by atoms with E-state index in [1.807, 2.05) is 0 Å². The van der Waals surface area contributed by atoms with Gasteiger partial charge in [-0.05, 0) is 30.9 Å². The SMILES string of the molecule is CC(C)CCCNC(=O)CN(C)S(=O)(=O)c1cccnc1. The van der Waals surface area contributed by atoms with Crippen LogP contribution in [0.15, 0.2) is 29.4 Å². The van der Waals surface area contributed by atoms with Crippen LogP contribution in [0.1, 0.15) is 26.7 Å². The first kappa shape index (κ1) is 17.6. The molecule has 0 aromatic carbocycles. The number of sulfonamides is 1. The first-order valence-corrected chi connectivity index (χ1v) is 8.41. The summed E-state index contributed by atoms with van der Waals surface area (Å²) in [4.78, 5) is 15.6. The van der Waals surface area contributed by atoms with Gasteiger partial charge in [-0.1, -0.05) is 13.8 Å². The zero-order chi connectivity index (χ0) is 15.9. The average Bonchev–Trinajstić information content (AvgIpc) is 2.44. The monoisotopic (exact) mass is 313 g/mol. The fourth-order valence-corrected chi connectivity index (χ4v) is 2.85. The van der Waals surface area contributed by atoms with E-state index < -0.39 is 10.0 Å². The number of nitrogens with one attached hydrogen (secondary N) is 1. The second kappa shape index (κ2) is 8.09. The van der Waals surface area contributed by atoms with E-state index in [1.54, 1.807) is 6.07 Å². The third-order valence-electron chi connectivity index (χ3n) is 2.99. The number of aromatic nitrogens is 1. The fraction of sp³-hybridized carbons (Fsp3) is 0.571. The molecule has 1 N–H and O–H groups in total. The number of pyridine rings is 1. The number of rotatable bonds is 8. The molecule has 1 heterocycles. The summed E-state index contributed by atoms with van der Waals surface area (Å²) in [6.07, 6.45) is 4.69. The molecule has 0 saturated heterocycles. The van der Waals surface area contributed by atoms with Crippen molar-refractivity contribution >= 4 is 15.9 Å². The van der Waals surface area contributed by atoms with Gasteiger partial charge in [-0.2, -0.15) is 4.31 Å². The summed E-state index contributed by atoms with van der Waals surface area (Å²) < 4.78 is 25.4. The predicted molar refractivity (Wildman–Crippen MR) is 81.1 cm³/mol. The minimum atomic E-state index is -3.67. The molecule has 118 valence electrons. The van der Waals surface area contributed by atoms with Crippen molar-refractivity contribution in [2.45, 2.75) is 31.6 Å². The van der Waals surface area contributed by atoms with Crippen LogP contribution < -0.4 is 5.32 Å². The highest BCUT2D eigenvalue weighted by atomic mass is 32.2. The molecule has 0 aliphatic carbocycles. The third-order valence-corrected chi connectivity index (χ3v) is 4.78. The lowest BCUT2D eigenvalue weighted by atomic mass is 10.1. The Balaban J connectivity index is 2.49. The normalized spacial score (nSPS) is 11.9. The Morgan fingerprint density at radius 2 is 2.14 bits per heavy atom. The van der Waals surface area contributed by atoms with Gasteiger partial charge < -0.3 is 5.32 Å². The van der Waals surface area contributed by atoms with E-state index in [9.17, 15) is 13.2 Å². The molecule has 1 amide bonds. The summed E-state index contributed by atoms with van der Waals surface area (Å²) in [6.45, 7) is 4.61. The van der Waals surface area contributed by atoms with Crippen molar-refractivity contribution in [2.75, 3.05) is 20.1 Å². The van der Waals surface area contributed by atoms with Gasteiger partial charge in [0.25, 0.3) is 0 Å². The molecule has 21 heavy (non-hydrogen) atoms. The summed E-state index contributed by atoms with van der Waals surface area (Å²) in [5.41, 5.74) is 0. The van der Waals surface area contributed by atoms with E-state index >= 15 is 0 Å². The van der Waals surface area contributed by atoms with Gasteiger partial charge in [0, 0.05) is 26.0 Å². The highest BCUT2D eigenvalue weighted by Crippen LogP contribution is 2.11. The van der Waals surface area contributed by atoms with Crippen molar-refractivity contribution in [3.05, 3.63) is 24.5 Å². The molecule has 0 fully saturated rings. The van der Waals surface area contributed by atoms with Crippen molar-refractivity contribution in [1.29, 1.82) is 0 Å². The molecule has 0 spiro atoms. The number of carbonyl (C=O) groups is 1. The van der Waals surface area contributed by atoms with E-state index in [2.05, 4.69) is 24.1 Å². The number of hydrogen-bond acceptors (Lipinski definition) is 4. The maximum Gasteiger partial charge on any atom is 0.244 e. The number of nitrogens with zero attached hydrogens (tertiary/aromatic N) is 2. The van der Waals surface area contributed by atoms with Crippen LogP contribution in [0.3, 0.4) is 0 Å². The molecule has 0 saturated carbocycles. The summed E-state index contributed by atoms with van der Waals surface area (Å²) >= 11 is 0. The Bertz CT molecular complexity index is 544. The van der Waals surface area contributed by atoms with Crippen LogP contribution in [-0.4, -0.2) is 43.8 Å². The summed E-state index contributed by atoms with van der Waals surface area (Å²) in [5, 5.41) is 2.73. The molecular formula is C14H23N3O3S. The highest BCUT2D eigenvalue weighted by molar-refractivity contribution is 7.89. The van der Waals surface area contributed by atoms with Gasteiger partial charge in [0.15, 0.2) is 0 Å². The van der Waals surface area contributed by atoms with Gasteiger partial charge in [-0.3, -0.25) is 9.78 Å². The van der Waals surface area contributed by atoms with E-state index in [0.717, 1.165) is 17.1 Å². The minimum absolute atomic E-state index is 0.0834. The summed E-state index contributed by atoms with van der Waals surface area (Å²) in [6, 6.07) is 3.01. The highest BCUT2D eigenvalue weighted by Gasteiger charge is 2.22. The molecule has 0 radical (unpaired) electrons. The maximum absolute atomic E-state index is 12.2. The first-order chi connectivity index (χ1) is 9.84. The first-order valence-electron chi connectivity index (χ1n) is 6.97. The van der Waals surface area contributed by atoms with Crippen molar-refractivity contribution in [2.24, 2.45) is 5.92 Å². The van der Waals surface area contributed by atoms with Gasteiger partial charge in [0.1, 0.15) is 4.90 Å². The topological polar surface area (TPSA) is 79.4 Å². The van der Waals surface area contributed by atoms with E-state index in [1.165, 1.54) is 25.5 Å². The smallest absolute Gasteiger partial charge is 0.244 e. The third kappa shape index (κ3) is 5.81. The van der Waals surface area contributed by atoms with Crippen molar-refractivity contribution in [1.82, 2.24) is 14.6 Å². The largest absolute Gasteiger partial charge is 0.355 e. The van der Waals surface area contributed by atoms with Crippen molar-refractivity contribution in [3.63, 3.8) is 0 Å². The van der Waals surface area contributed by atoms with Gasteiger partial charge in [-0.25, -0.2) is 8.42 Å². The van der Waals surface area contributed by atoms with Crippen LogP contribution in [0.4, 0.5) is 0 Å². The van der Waals surface area contributed by atoms with E-state index in [-0.39, 0.29) is 17.3 Å². The molecule has 7 heteroatoms. The maximum atomic E-state index is 12.2. The lowest BCUT2D eigenvalue weighted by molar-refractivity contribution is -0.121. The second-order valence-electron chi connectivity index (χ2n) is 5.34. The number of likely N-dealkylation sites (N-methyl/N-ethyl adjacent to an activating group) is 1. The zero-order valence-electron chi connectivity index (χ0n) is 12.7. The second-order valence-corrected chi connectivity index (χ2v) is 7.38. The summed E-state index contributed by atoms with van der Waals surface area (Å²) in [7, 11) is -2.28. The van der Waals surface area contributed by atoms with E-state index in [4.69, 9.17) is 0 Å². The Morgan fingerprint density at radius 3 is 2.71 bits per heavy atom. The zero-order valence-corrected chi connectivity index (χ0v) is 13.6. The van der Waals surface area contributed by atoms with Crippen LogP contribution in [0, 0.1) is 5.92 Å². The molecule has 0 aliphatic rings. The van der Waals surface area contributed by atoms with Gasteiger partial charge in [-0.15, -0.1) is 0 Å². The average molecular weight is 313 g/mol. The Hall–Kier alpha value is -1.47. The van der Waals surface area contributed by atoms with Crippen LogP contribution in [0.2, 0.25) is 0 Å². The molecule has 1 aromatic rings. The van der Waals surface area contributed by atoms with Crippen LogP contribution in [-0.2, 0) is 14.8 Å². The predicted octanol–water partition coefficient (Wildman–Crippen LogP) is 1.25. The van der Waals surface area contributed by atoms with E-state index in [0.29, 0.717) is 12.5 Å². The number of hydrogen-bond donors (Lipinski definition) is 1. The van der Waals surface area contributed by atoms with Crippen molar-refractivity contribution in [3.8, 4) is 0 Å². The summed E-state index contributed by atoms with van der Waals surface area (Å²) in [5.74, 6) is 0.296. The Kier molecular flexibility index (Phi) is 6.77. The molecule has 0 unspecified atom stereocenters. The van der Waals surface area contributed by atoms with Crippen LogP contribution in [0.5, 0.6) is 0 Å². The fourth-order valence-electron chi connectivity index (χ4n) is 1.76. The minimum Gasteiger partial charge on any atom is -0.355 e. The number of carbonyl (C=O) groups excluding carboxylic acids is 1. The molecule has 0 aliphatic heterocycles. The van der Waals surface area contributed by atoms with Gasteiger partial charge >= 0.3 is 0 Å².